The standard InChI is InChI=1S/C13H14N4O/c1-13(2,7-14)8-15-12(18)11-9-5-3-4-6-10(9)16-17-11/h3-6H,8H2,1-2H3,(H,15,18)(H,16,17). The molecule has 1 amide bonds. The van der Waals surface area contributed by atoms with Gasteiger partial charge in [-0.3, -0.25) is 9.89 Å². The van der Waals surface area contributed by atoms with Gasteiger partial charge in [0.1, 0.15) is 0 Å². The highest BCUT2D eigenvalue weighted by Crippen LogP contribution is 2.16. The summed E-state index contributed by atoms with van der Waals surface area (Å²) in [4.78, 5) is 12.0. The van der Waals surface area contributed by atoms with E-state index in [0.29, 0.717) is 12.2 Å². The molecular formula is C13H14N4O. The lowest BCUT2D eigenvalue weighted by atomic mass is 9.96. The maximum atomic E-state index is 12.0. The van der Waals surface area contributed by atoms with E-state index in [1.54, 1.807) is 13.8 Å². The Morgan fingerprint density at radius 3 is 2.94 bits per heavy atom. The smallest absolute Gasteiger partial charge is 0.272 e. The van der Waals surface area contributed by atoms with Crippen LogP contribution in [0.4, 0.5) is 0 Å². The summed E-state index contributed by atoms with van der Waals surface area (Å²) in [5.74, 6) is -0.268. The fourth-order valence-electron chi connectivity index (χ4n) is 1.56. The third kappa shape index (κ3) is 2.33. The van der Waals surface area contributed by atoms with Crippen LogP contribution in [-0.4, -0.2) is 22.6 Å². The first-order valence-electron chi connectivity index (χ1n) is 5.66. The molecule has 0 aliphatic carbocycles. The van der Waals surface area contributed by atoms with Crippen molar-refractivity contribution in [3.05, 3.63) is 30.0 Å². The van der Waals surface area contributed by atoms with Crippen molar-refractivity contribution in [3.63, 3.8) is 0 Å². The van der Waals surface area contributed by atoms with Gasteiger partial charge in [-0.25, -0.2) is 0 Å². The maximum absolute atomic E-state index is 12.0. The number of hydrogen-bond acceptors (Lipinski definition) is 3. The predicted octanol–water partition coefficient (Wildman–Crippen LogP) is 1.84. The Bertz CT molecular complexity index is 621. The second kappa shape index (κ2) is 4.49. The molecule has 0 fully saturated rings. The van der Waals surface area contributed by atoms with Crippen molar-refractivity contribution in [2.45, 2.75) is 13.8 Å². The number of carbonyl (C=O) groups is 1. The molecule has 0 atom stereocenters. The number of nitrogens with zero attached hydrogens (tertiary/aromatic N) is 2. The van der Waals surface area contributed by atoms with Gasteiger partial charge in [-0.15, -0.1) is 0 Å². The van der Waals surface area contributed by atoms with Crippen LogP contribution in [0, 0.1) is 16.7 Å². The fraction of sp³-hybridized carbons (Fsp3) is 0.308. The number of hydrogen-bond donors (Lipinski definition) is 2. The van der Waals surface area contributed by atoms with Gasteiger partial charge in [0.05, 0.1) is 17.0 Å². The van der Waals surface area contributed by atoms with Gasteiger partial charge in [0.15, 0.2) is 5.69 Å². The first kappa shape index (κ1) is 12.1. The minimum atomic E-state index is -0.582. The fourth-order valence-corrected chi connectivity index (χ4v) is 1.56. The molecule has 2 aromatic rings. The highest BCUT2D eigenvalue weighted by Gasteiger charge is 2.20. The number of benzene rings is 1. The summed E-state index contributed by atoms with van der Waals surface area (Å²) in [6.45, 7) is 3.84. The van der Waals surface area contributed by atoms with E-state index in [2.05, 4.69) is 21.6 Å². The van der Waals surface area contributed by atoms with Crippen LogP contribution in [0.2, 0.25) is 0 Å². The molecule has 1 aromatic carbocycles. The van der Waals surface area contributed by atoms with Gasteiger partial charge in [-0.05, 0) is 19.9 Å². The van der Waals surface area contributed by atoms with Crippen molar-refractivity contribution in [1.82, 2.24) is 15.5 Å². The number of carbonyl (C=O) groups excluding carboxylic acids is 1. The molecule has 0 aliphatic heterocycles. The van der Waals surface area contributed by atoms with Crippen LogP contribution in [0.1, 0.15) is 24.3 Å². The molecule has 0 radical (unpaired) electrons. The maximum Gasteiger partial charge on any atom is 0.272 e. The molecule has 2 rings (SSSR count). The van der Waals surface area contributed by atoms with Crippen LogP contribution in [0.3, 0.4) is 0 Å². The SMILES string of the molecule is CC(C)(C#N)CNC(=O)c1n[nH]c2ccccc12. The van der Waals surface area contributed by atoms with Gasteiger partial charge < -0.3 is 5.32 Å². The van der Waals surface area contributed by atoms with Crippen molar-refractivity contribution in [1.29, 1.82) is 5.26 Å². The van der Waals surface area contributed by atoms with Crippen LogP contribution in [0.25, 0.3) is 10.9 Å². The highest BCUT2D eigenvalue weighted by molar-refractivity contribution is 6.04. The lowest BCUT2D eigenvalue weighted by molar-refractivity contribution is 0.0940. The normalized spacial score (nSPS) is 11.2. The second-order valence-electron chi connectivity index (χ2n) is 4.80. The average Bonchev–Trinajstić information content (AvgIpc) is 2.80. The molecular weight excluding hydrogens is 228 g/mol. The quantitative estimate of drug-likeness (QED) is 0.861. The molecule has 5 nitrogen and oxygen atoms in total. The van der Waals surface area contributed by atoms with Crippen LogP contribution in [-0.2, 0) is 0 Å². The largest absolute Gasteiger partial charge is 0.349 e. The number of nitriles is 1. The number of aromatic nitrogens is 2. The average molecular weight is 242 g/mol. The Morgan fingerprint density at radius 2 is 2.22 bits per heavy atom. The zero-order valence-electron chi connectivity index (χ0n) is 10.3. The zero-order valence-corrected chi connectivity index (χ0v) is 10.3. The molecule has 0 unspecified atom stereocenters. The number of nitrogens with one attached hydrogen (secondary N) is 2. The Balaban J connectivity index is 2.18. The Labute approximate surface area is 105 Å². The molecule has 0 aliphatic rings. The topological polar surface area (TPSA) is 81.6 Å². The summed E-state index contributed by atoms with van der Waals surface area (Å²) < 4.78 is 0. The van der Waals surface area contributed by atoms with Gasteiger partial charge in [0.2, 0.25) is 0 Å². The van der Waals surface area contributed by atoms with Crippen LogP contribution >= 0.6 is 0 Å². The molecule has 0 saturated heterocycles. The van der Waals surface area contributed by atoms with E-state index in [-0.39, 0.29) is 5.91 Å². The van der Waals surface area contributed by atoms with Gasteiger partial charge in [0.25, 0.3) is 5.91 Å². The monoisotopic (exact) mass is 242 g/mol. The molecule has 5 heteroatoms. The predicted molar refractivity (Wildman–Crippen MR) is 67.8 cm³/mol. The van der Waals surface area contributed by atoms with Crippen LogP contribution in [0.5, 0.6) is 0 Å². The molecule has 1 aromatic heterocycles. The molecule has 18 heavy (non-hydrogen) atoms. The molecule has 92 valence electrons. The van der Waals surface area contributed by atoms with Crippen molar-refractivity contribution < 1.29 is 4.79 Å². The first-order valence-corrected chi connectivity index (χ1v) is 5.66. The van der Waals surface area contributed by atoms with E-state index < -0.39 is 5.41 Å². The Morgan fingerprint density at radius 1 is 1.50 bits per heavy atom. The van der Waals surface area contributed by atoms with E-state index in [9.17, 15) is 4.79 Å². The van der Waals surface area contributed by atoms with E-state index in [0.717, 1.165) is 10.9 Å². The van der Waals surface area contributed by atoms with Crippen molar-refractivity contribution in [3.8, 4) is 6.07 Å². The number of amides is 1. The molecule has 0 saturated carbocycles. The Kier molecular flexibility index (Phi) is 3.02. The van der Waals surface area contributed by atoms with E-state index in [1.165, 1.54) is 0 Å². The third-order valence-corrected chi connectivity index (χ3v) is 2.68. The highest BCUT2D eigenvalue weighted by atomic mass is 16.1. The summed E-state index contributed by atoms with van der Waals surface area (Å²) in [5, 5.41) is 19.2. The number of aromatic amines is 1. The molecule has 0 spiro atoms. The minimum absolute atomic E-state index is 0.268. The van der Waals surface area contributed by atoms with Gasteiger partial charge in [0, 0.05) is 11.9 Å². The number of rotatable bonds is 3. The summed E-state index contributed by atoms with van der Waals surface area (Å²) in [5.41, 5.74) is 0.600. The van der Waals surface area contributed by atoms with E-state index >= 15 is 0 Å². The van der Waals surface area contributed by atoms with Crippen LogP contribution in [0.15, 0.2) is 24.3 Å². The first-order chi connectivity index (χ1) is 8.53. The summed E-state index contributed by atoms with van der Waals surface area (Å²) >= 11 is 0. The van der Waals surface area contributed by atoms with Crippen molar-refractivity contribution in [2.75, 3.05) is 6.54 Å². The van der Waals surface area contributed by atoms with Crippen molar-refractivity contribution >= 4 is 16.8 Å². The molecule has 0 bridgehead atoms. The zero-order chi connectivity index (χ0) is 13.2. The molecule has 2 N–H and O–H groups in total. The molecule has 1 heterocycles. The second-order valence-corrected chi connectivity index (χ2v) is 4.80. The van der Waals surface area contributed by atoms with E-state index in [1.807, 2.05) is 24.3 Å². The van der Waals surface area contributed by atoms with E-state index in [4.69, 9.17) is 5.26 Å². The summed E-state index contributed by atoms with van der Waals surface area (Å²) in [6, 6.07) is 9.56. The lowest BCUT2D eigenvalue weighted by Gasteiger charge is -2.15. The van der Waals surface area contributed by atoms with Gasteiger partial charge >= 0.3 is 0 Å². The van der Waals surface area contributed by atoms with Crippen LogP contribution < -0.4 is 5.32 Å². The summed E-state index contributed by atoms with van der Waals surface area (Å²) in [6.07, 6.45) is 0. The minimum Gasteiger partial charge on any atom is -0.349 e. The van der Waals surface area contributed by atoms with Gasteiger partial charge in [-0.1, -0.05) is 18.2 Å². The number of para-hydroxylation sites is 1. The third-order valence-electron chi connectivity index (χ3n) is 2.68. The number of fused-ring (bicyclic) bond motifs is 1. The number of H-pyrrole nitrogens is 1. The Hall–Kier alpha value is -2.35. The lowest BCUT2D eigenvalue weighted by Crippen LogP contribution is -2.33. The summed E-state index contributed by atoms with van der Waals surface area (Å²) in [7, 11) is 0. The van der Waals surface area contributed by atoms with Crippen molar-refractivity contribution in [2.24, 2.45) is 5.41 Å². The van der Waals surface area contributed by atoms with Gasteiger partial charge in [-0.2, -0.15) is 10.4 Å².